The lowest BCUT2D eigenvalue weighted by Crippen LogP contribution is -2.38. The number of hydrogen-bond donors (Lipinski definition) is 1. The third-order valence-corrected chi connectivity index (χ3v) is 5.66. The van der Waals surface area contributed by atoms with Gasteiger partial charge in [-0.1, -0.05) is 17.3 Å². The van der Waals surface area contributed by atoms with Crippen molar-refractivity contribution in [2.45, 2.75) is 25.9 Å². The molecule has 34 heavy (non-hydrogen) atoms. The molecule has 3 aromatic rings. The maximum Gasteiger partial charge on any atom is 0.416 e. The molecule has 0 aliphatic carbocycles. The van der Waals surface area contributed by atoms with Crippen LogP contribution in [0.15, 0.2) is 47.0 Å². The normalized spacial score (nSPS) is 14.8. The van der Waals surface area contributed by atoms with Gasteiger partial charge < -0.3 is 14.7 Å². The second-order valence-electron chi connectivity index (χ2n) is 7.89. The number of nitrogens with zero attached hydrogens (tertiary/aromatic N) is 4. The van der Waals surface area contributed by atoms with Crippen LogP contribution in [0.3, 0.4) is 0 Å². The molecule has 12 heteroatoms. The predicted molar refractivity (Wildman–Crippen MR) is 116 cm³/mol. The molecule has 0 atom stereocenters. The number of hydrogen-bond acceptors (Lipinski definition) is 7. The Hall–Kier alpha value is -3.96. The first kappa shape index (κ1) is 23.2. The number of aryl methyl sites for hydroxylation is 1. The van der Waals surface area contributed by atoms with Crippen molar-refractivity contribution in [3.8, 4) is 11.4 Å². The highest BCUT2D eigenvalue weighted by Gasteiger charge is 2.35. The van der Waals surface area contributed by atoms with Gasteiger partial charge in [-0.2, -0.15) is 18.2 Å². The Kier molecular flexibility index (Phi) is 6.22. The molecule has 178 valence electrons. The SMILES string of the molecule is Cc1nc(-c2ccccc2NC(=O)C2CCN(c3ccc(C(F)(F)F)cc3[N+](=O)[O-])CC2)no1. The van der Waals surface area contributed by atoms with Gasteiger partial charge in [-0.25, -0.2) is 0 Å². The number of nitrogens with one attached hydrogen (secondary N) is 1. The Bertz CT molecular complexity index is 1220. The zero-order valence-corrected chi connectivity index (χ0v) is 18.0. The smallest absolute Gasteiger partial charge is 0.366 e. The van der Waals surface area contributed by atoms with Crippen molar-refractivity contribution in [3.05, 3.63) is 64.0 Å². The maximum atomic E-state index is 13.0. The number of piperidine rings is 1. The summed E-state index contributed by atoms with van der Waals surface area (Å²) >= 11 is 0. The van der Waals surface area contributed by atoms with Crippen LogP contribution in [-0.2, 0) is 11.0 Å². The molecule has 1 fully saturated rings. The molecule has 1 aromatic heterocycles. The summed E-state index contributed by atoms with van der Waals surface area (Å²) in [5.74, 6) is 0.137. The van der Waals surface area contributed by atoms with Crippen LogP contribution in [0.25, 0.3) is 11.4 Å². The molecule has 4 rings (SSSR count). The first-order valence-electron chi connectivity index (χ1n) is 10.4. The van der Waals surface area contributed by atoms with Gasteiger partial charge in [0.15, 0.2) is 0 Å². The quantitative estimate of drug-likeness (QED) is 0.415. The number of carbonyl (C=O) groups is 1. The lowest BCUT2D eigenvalue weighted by atomic mass is 9.95. The number of anilines is 2. The van der Waals surface area contributed by atoms with Crippen molar-refractivity contribution in [1.29, 1.82) is 0 Å². The molecule has 0 radical (unpaired) electrons. The summed E-state index contributed by atoms with van der Waals surface area (Å²) < 4.78 is 43.9. The molecule has 1 aliphatic heterocycles. The van der Waals surface area contributed by atoms with Crippen molar-refractivity contribution < 1.29 is 27.4 Å². The minimum absolute atomic E-state index is 0.106. The van der Waals surface area contributed by atoms with Crippen LogP contribution < -0.4 is 10.2 Å². The number of rotatable bonds is 5. The van der Waals surface area contributed by atoms with Crippen molar-refractivity contribution in [3.63, 3.8) is 0 Å². The van der Waals surface area contributed by atoms with Gasteiger partial charge in [0.2, 0.25) is 17.6 Å². The van der Waals surface area contributed by atoms with Gasteiger partial charge in [0.25, 0.3) is 5.69 Å². The maximum absolute atomic E-state index is 13.0. The second-order valence-corrected chi connectivity index (χ2v) is 7.89. The van der Waals surface area contributed by atoms with Crippen LogP contribution >= 0.6 is 0 Å². The number of para-hydroxylation sites is 1. The van der Waals surface area contributed by atoms with Gasteiger partial charge in [0, 0.05) is 37.6 Å². The summed E-state index contributed by atoms with van der Waals surface area (Å²) in [4.78, 5) is 29.3. The fourth-order valence-corrected chi connectivity index (χ4v) is 3.93. The largest absolute Gasteiger partial charge is 0.416 e. The van der Waals surface area contributed by atoms with E-state index in [9.17, 15) is 28.1 Å². The van der Waals surface area contributed by atoms with Crippen molar-refractivity contribution in [2.24, 2.45) is 5.92 Å². The molecule has 2 heterocycles. The van der Waals surface area contributed by atoms with Crippen LogP contribution in [0.1, 0.15) is 24.3 Å². The molecular formula is C22H20F3N5O4. The van der Waals surface area contributed by atoms with E-state index in [1.165, 1.54) is 0 Å². The Morgan fingerprint density at radius 2 is 1.91 bits per heavy atom. The number of benzene rings is 2. The summed E-state index contributed by atoms with van der Waals surface area (Å²) in [5, 5.41) is 18.2. The van der Waals surface area contributed by atoms with E-state index in [0.717, 1.165) is 12.1 Å². The molecule has 1 saturated heterocycles. The van der Waals surface area contributed by atoms with E-state index in [2.05, 4.69) is 15.5 Å². The van der Waals surface area contributed by atoms with Crippen LogP contribution in [0.2, 0.25) is 0 Å². The Morgan fingerprint density at radius 3 is 2.53 bits per heavy atom. The topological polar surface area (TPSA) is 114 Å². The average Bonchev–Trinajstić information content (AvgIpc) is 3.24. The van der Waals surface area contributed by atoms with Gasteiger partial charge in [-0.15, -0.1) is 0 Å². The summed E-state index contributed by atoms with van der Waals surface area (Å²) in [5.41, 5.74) is -0.455. The number of amides is 1. The number of alkyl halides is 3. The summed E-state index contributed by atoms with van der Waals surface area (Å²) in [6.45, 7) is 2.23. The first-order chi connectivity index (χ1) is 16.1. The van der Waals surface area contributed by atoms with E-state index in [1.54, 1.807) is 36.1 Å². The van der Waals surface area contributed by atoms with Crippen molar-refractivity contribution in [2.75, 3.05) is 23.3 Å². The zero-order valence-electron chi connectivity index (χ0n) is 18.0. The van der Waals surface area contributed by atoms with Gasteiger partial charge in [0.1, 0.15) is 5.69 Å². The summed E-state index contributed by atoms with van der Waals surface area (Å²) in [7, 11) is 0. The molecule has 0 unspecified atom stereocenters. The summed E-state index contributed by atoms with van der Waals surface area (Å²) in [6.07, 6.45) is -3.91. The summed E-state index contributed by atoms with van der Waals surface area (Å²) in [6, 6.07) is 9.52. The highest BCUT2D eigenvalue weighted by Crippen LogP contribution is 2.38. The fraction of sp³-hybridized carbons (Fsp3) is 0.318. The standard InChI is InChI=1S/C22H20F3N5O4/c1-13-26-20(28-34-13)16-4-2-3-5-17(16)27-21(31)14-8-10-29(11-9-14)18-7-6-15(22(23,24)25)12-19(18)30(32)33/h2-7,12,14H,8-11H2,1H3,(H,27,31). The molecule has 0 spiro atoms. The van der Waals surface area contributed by atoms with Gasteiger partial charge in [-0.3, -0.25) is 14.9 Å². The van der Waals surface area contributed by atoms with E-state index < -0.39 is 22.4 Å². The van der Waals surface area contributed by atoms with E-state index >= 15 is 0 Å². The highest BCUT2D eigenvalue weighted by molar-refractivity contribution is 5.96. The fourth-order valence-electron chi connectivity index (χ4n) is 3.93. The lowest BCUT2D eigenvalue weighted by Gasteiger charge is -2.32. The molecule has 1 N–H and O–H groups in total. The van der Waals surface area contributed by atoms with E-state index in [1.807, 2.05) is 0 Å². The van der Waals surface area contributed by atoms with E-state index in [4.69, 9.17) is 4.52 Å². The van der Waals surface area contributed by atoms with Crippen LogP contribution in [0.4, 0.5) is 30.2 Å². The molecule has 2 aromatic carbocycles. The van der Waals surface area contributed by atoms with Gasteiger partial charge in [-0.05, 0) is 37.1 Å². The number of halogens is 3. The highest BCUT2D eigenvalue weighted by atomic mass is 19.4. The van der Waals surface area contributed by atoms with Crippen molar-refractivity contribution >= 4 is 23.0 Å². The third kappa shape index (κ3) is 4.85. The monoisotopic (exact) mass is 475 g/mol. The lowest BCUT2D eigenvalue weighted by molar-refractivity contribution is -0.384. The first-order valence-corrected chi connectivity index (χ1v) is 10.4. The minimum atomic E-state index is -4.68. The molecule has 1 aliphatic rings. The van der Waals surface area contributed by atoms with Crippen molar-refractivity contribution in [1.82, 2.24) is 10.1 Å². The number of nitro groups is 1. The molecular weight excluding hydrogens is 455 g/mol. The Morgan fingerprint density at radius 1 is 1.21 bits per heavy atom. The van der Waals surface area contributed by atoms with E-state index in [0.29, 0.717) is 41.9 Å². The predicted octanol–water partition coefficient (Wildman–Crippen LogP) is 4.83. The average molecular weight is 475 g/mol. The zero-order chi connectivity index (χ0) is 24.5. The van der Waals surface area contributed by atoms with Crippen LogP contribution in [0, 0.1) is 23.0 Å². The molecule has 0 bridgehead atoms. The van der Waals surface area contributed by atoms with Crippen LogP contribution in [-0.4, -0.2) is 34.1 Å². The van der Waals surface area contributed by atoms with Gasteiger partial charge in [0.05, 0.1) is 16.2 Å². The Labute approximate surface area is 191 Å². The number of carbonyl (C=O) groups excluding carboxylic acids is 1. The molecule has 0 saturated carbocycles. The van der Waals surface area contributed by atoms with E-state index in [-0.39, 0.29) is 30.6 Å². The van der Waals surface area contributed by atoms with Crippen LogP contribution in [0.5, 0.6) is 0 Å². The molecule has 9 nitrogen and oxygen atoms in total. The second kappa shape index (κ2) is 9.12. The third-order valence-electron chi connectivity index (χ3n) is 5.66. The molecule has 1 amide bonds. The van der Waals surface area contributed by atoms with Gasteiger partial charge >= 0.3 is 6.18 Å². The Balaban J connectivity index is 1.45. The number of aromatic nitrogens is 2. The minimum Gasteiger partial charge on any atom is -0.366 e. The number of nitro benzene ring substituents is 1.